The number of hydrogen-bond donors (Lipinski definition) is 0. The first-order chi connectivity index (χ1) is 16.7. The van der Waals surface area contributed by atoms with E-state index >= 15 is 0 Å². The van der Waals surface area contributed by atoms with Gasteiger partial charge in [-0.1, -0.05) is 65.7 Å². The topological polar surface area (TPSA) is 65.4 Å². The predicted octanol–water partition coefficient (Wildman–Crippen LogP) is 6.48. The van der Waals surface area contributed by atoms with Gasteiger partial charge >= 0.3 is 5.97 Å². The molecule has 1 atom stereocenters. The maximum absolute atomic E-state index is 13.6. The van der Waals surface area contributed by atoms with Gasteiger partial charge in [0.25, 0.3) is 10.0 Å². The van der Waals surface area contributed by atoms with Crippen molar-refractivity contribution in [3.8, 4) is 0 Å². The molecular weight excluding hydrogens is 482 g/mol. The number of fused-ring (bicyclic) bond motifs is 1. The van der Waals surface area contributed by atoms with Crippen LogP contribution in [0.4, 0.5) is 0 Å². The van der Waals surface area contributed by atoms with Crippen LogP contribution >= 0.6 is 11.6 Å². The summed E-state index contributed by atoms with van der Waals surface area (Å²) in [6, 6.07) is 21.4. The van der Waals surface area contributed by atoms with Crippen molar-refractivity contribution in [1.29, 1.82) is 0 Å². The van der Waals surface area contributed by atoms with E-state index in [2.05, 4.69) is 0 Å². The third-order valence-corrected chi connectivity index (χ3v) is 7.80. The van der Waals surface area contributed by atoms with Crippen LogP contribution in [-0.2, 0) is 19.6 Å². The second-order valence-electron chi connectivity index (χ2n) is 8.31. The van der Waals surface area contributed by atoms with E-state index in [1.54, 1.807) is 62.5 Å². The van der Waals surface area contributed by atoms with Crippen LogP contribution in [0.25, 0.3) is 10.9 Å². The predicted molar refractivity (Wildman–Crippen MR) is 139 cm³/mol. The van der Waals surface area contributed by atoms with Gasteiger partial charge < -0.3 is 4.74 Å². The number of aromatic nitrogens is 1. The number of esters is 1. The summed E-state index contributed by atoms with van der Waals surface area (Å²) in [5.41, 5.74) is 3.59. The Morgan fingerprint density at radius 2 is 1.69 bits per heavy atom. The molecule has 0 aliphatic carbocycles. The summed E-state index contributed by atoms with van der Waals surface area (Å²) in [7, 11) is -3.85. The van der Waals surface area contributed by atoms with Gasteiger partial charge in [-0.3, -0.25) is 0 Å². The quantitative estimate of drug-likeness (QED) is 0.212. The van der Waals surface area contributed by atoms with E-state index in [0.29, 0.717) is 16.1 Å². The first kappa shape index (κ1) is 24.8. The fraction of sp³-hybridized carbons (Fsp3) is 0.179. The third kappa shape index (κ3) is 5.04. The van der Waals surface area contributed by atoms with Crippen molar-refractivity contribution in [1.82, 2.24) is 3.97 Å². The van der Waals surface area contributed by atoms with Crippen molar-refractivity contribution in [3.05, 3.63) is 112 Å². The number of para-hydroxylation sites is 1. The zero-order valence-electron chi connectivity index (χ0n) is 19.7. The van der Waals surface area contributed by atoms with Gasteiger partial charge in [-0.2, -0.15) is 0 Å². The highest BCUT2D eigenvalue weighted by molar-refractivity contribution is 7.90. The van der Waals surface area contributed by atoms with Gasteiger partial charge in [-0.05, 0) is 62.2 Å². The van der Waals surface area contributed by atoms with E-state index in [9.17, 15) is 13.2 Å². The molecule has 0 aliphatic heterocycles. The number of carbonyl (C=O) groups is 1. The second-order valence-corrected chi connectivity index (χ2v) is 10.6. The molecular formula is C28H26ClNO4S. The van der Waals surface area contributed by atoms with Crippen molar-refractivity contribution in [2.24, 2.45) is 0 Å². The van der Waals surface area contributed by atoms with Gasteiger partial charge in [-0.15, -0.1) is 0 Å². The zero-order chi connectivity index (χ0) is 25.2. The second kappa shape index (κ2) is 10.1. The molecule has 35 heavy (non-hydrogen) atoms. The van der Waals surface area contributed by atoms with Crippen LogP contribution in [0.1, 0.15) is 36.5 Å². The number of halogens is 1. The molecule has 5 nitrogen and oxygen atoms in total. The molecule has 1 aromatic heterocycles. The molecule has 0 fully saturated rings. The average Bonchev–Trinajstić information content (AvgIpc) is 3.24. The molecule has 0 radical (unpaired) electrons. The minimum Gasteiger partial charge on any atom is -0.463 e. The van der Waals surface area contributed by atoms with Crippen molar-refractivity contribution in [2.45, 2.75) is 31.6 Å². The Morgan fingerprint density at radius 3 is 2.34 bits per heavy atom. The number of nitrogens with zero attached hydrogens (tertiary/aromatic N) is 1. The Labute approximate surface area is 210 Å². The molecule has 0 saturated heterocycles. The van der Waals surface area contributed by atoms with E-state index < -0.39 is 21.9 Å². The maximum Gasteiger partial charge on any atom is 0.333 e. The Kier molecular flexibility index (Phi) is 7.15. The fourth-order valence-electron chi connectivity index (χ4n) is 4.04. The van der Waals surface area contributed by atoms with Crippen LogP contribution in [0.3, 0.4) is 0 Å². The molecule has 0 spiro atoms. The average molecular weight is 508 g/mol. The summed E-state index contributed by atoms with van der Waals surface area (Å²) >= 11 is 6.12. The van der Waals surface area contributed by atoms with Crippen molar-refractivity contribution in [2.75, 3.05) is 6.61 Å². The summed E-state index contributed by atoms with van der Waals surface area (Å²) in [5.74, 6) is -0.821. The zero-order valence-corrected chi connectivity index (χ0v) is 21.3. The fourth-order valence-corrected chi connectivity index (χ4v) is 5.55. The minimum absolute atomic E-state index is 0.205. The Morgan fingerprint density at radius 1 is 1.03 bits per heavy atom. The number of benzene rings is 3. The summed E-state index contributed by atoms with van der Waals surface area (Å²) in [5, 5.41) is 1.36. The van der Waals surface area contributed by atoms with Crippen LogP contribution in [0.5, 0.6) is 0 Å². The van der Waals surface area contributed by atoms with E-state index in [0.717, 1.165) is 22.1 Å². The van der Waals surface area contributed by atoms with Gasteiger partial charge in [0.1, 0.15) is 0 Å². The highest BCUT2D eigenvalue weighted by Gasteiger charge is 2.25. The van der Waals surface area contributed by atoms with E-state index in [4.69, 9.17) is 16.3 Å². The molecule has 7 heteroatoms. The SMILES string of the molecule is CCOC(=O)/C(C)=C\C(c1ccc(Cl)cc1)c1cn(S(=O)(=O)c2ccc(C)cc2)c2ccccc12. The van der Waals surface area contributed by atoms with Gasteiger partial charge in [0.05, 0.1) is 17.0 Å². The number of aryl methyl sites for hydroxylation is 1. The van der Waals surface area contributed by atoms with Gasteiger partial charge in [0.15, 0.2) is 0 Å². The summed E-state index contributed by atoms with van der Waals surface area (Å²) in [4.78, 5) is 12.6. The van der Waals surface area contributed by atoms with Crippen LogP contribution in [0.2, 0.25) is 5.02 Å². The molecule has 0 bridgehead atoms. The van der Waals surface area contributed by atoms with Gasteiger partial charge in [0, 0.05) is 28.1 Å². The molecule has 0 saturated carbocycles. The third-order valence-electron chi connectivity index (χ3n) is 5.86. The first-order valence-electron chi connectivity index (χ1n) is 11.3. The molecule has 0 amide bonds. The number of ether oxygens (including phenoxy) is 1. The first-order valence-corrected chi connectivity index (χ1v) is 13.1. The van der Waals surface area contributed by atoms with Crippen molar-refractivity contribution in [3.63, 3.8) is 0 Å². The van der Waals surface area contributed by atoms with E-state index in [1.807, 2.05) is 43.3 Å². The Bertz CT molecular complexity index is 1500. The molecule has 1 heterocycles. The Hall–Kier alpha value is -3.35. The molecule has 1 unspecified atom stereocenters. The van der Waals surface area contributed by atoms with Gasteiger partial charge in [0.2, 0.25) is 0 Å². The lowest BCUT2D eigenvalue weighted by Crippen LogP contribution is -2.12. The molecule has 0 aliphatic rings. The lowest BCUT2D eigenvalue weighted by molar-refractivity contribution is -0.138. The van der Waals surface area contributed by atoms with Crippen LogP contribution in [0.15, 0.2) is 95.5 Å². The number of hydrogen-bond acceptors (Lipinski definition) is 4. The van der Waals surface area contributed by atoms with E-state index in [1.165, 1.54) is 3.97 Å². The number of allylic oxidation sites excluding steroid dienone is 1. The Balaban J connectivity index is 1.95. The smallest absolute Gasteiger partial charge is 0.333 e. The van der Waals surface area contributed by atoms with Crippen LogP contribution in [-0.4, -0.2) is 25.0 Å². The number of carbonyl (C=O) groups excluding carboxylic acids is 1. The highest BCUT2D eigenvalue weighted by Crippen LogP contribution is 2.36. The summed E-state index contributed by atoms with van der Waals surface area (Å²) < 4.78 is 33.8. The summed E-state index contributed by atoms with van der Waals surface area (Å²) in [6.07, 6.45) is 3.46. The monoisotopic (exact) mass is 507 g/mol. The van der Waals surface area contributed by atoms with Crippen LogP contribution in [0, 0.1) is 6.92 Å². The van der Waals surface area contributed by atoms with Crippen LogP contribution < -0.4 is 0 Å². The number of rotatable bonds is 7. The largest absolute Gasteiger partial charge is 0.463 e. The highest BCUT2D eigenvalue weighted by atomic mass is 35.5. The molecule has 0 N–H and O–H groups in total. The van der Waals surface area contributed by atoms with Gasteiger partial charge in [-0.25, -0.2) is 17.2 Å². The molecule has 3 aromatic carbocycles. The molecule has 180 valence electrons. The minimum atomic E-state index is -3.85. The van der Waals surface area contributed by atoms with Crippen molar-refractivity contribution >= 4 is 38.5 Å². The lowest BCUT2D eigenvalue weighted by Gasteiger charge is -2.15. The molecule has 4 aromatic rings. The molecule has 4 rings (SSSR count). The summed E-state index contributed by atoms with van der Waals surface area (Å²) in [6.45, 7) is 5.63. The lowest BCUT2D eigenvalue weighted by atomic mass is 9.89. The van der Waals surface area contributed by atoms with Crippen molar-refractivity contribution < 1.29 is 17.9 Å². The van der Waals surface area contributed by atoms with E-state index in [-0.39, 0.29) is 11.5 Å². The maximum atomic E-state index is 13.6. The standard InChI is InChI=1S/C28H26ClNO4S/c1-4-34-28(31)20(3)17-25(21-11-13-22(29)14-12-21)26-18-30(27-8-6-5-7-24(26)27)35(32,33)23-15-9-19(2)10-16-23/h5-18,25H,4H2,1-3H3/b20-17-. The normalized spacial score (nSPS) is 13.1.